The summed E-state index contributed by atoms with van der Waals surface area (Å²) in [5.74, 6) is 0.787. The number of carbonyl (C=O) groups is 1. The molecule has 0 atom stereocenters. The van der Waals surface area contributed by atoms with E-state index in [-0.39, 0.29) is 5.91 Å². The lowest BCUT2D eigenvalue weighted by Crippen LogP contribution is -2.24. The maximum Gasteiger partial charge on any atom is 0.224 e. The van der Waals surface area contributed by atoms with Gasteiger partial charge in [0.05, 0.1) is 13.5 Å². The normalized spacial score (nSPS) is 10.7. The Hall–Kier alpha value is -2.33. The Bertz CT molecular complexity index is 664. The Morgan fingerprint density at radius 3 is 2.32 bits per heavy atom. The summed E-state index contributed by atoms with van der Waals surface area (Å²) in [5, 5.41) is 2.98. The van der Waals surface area contributed by atoms with Gasteiger partial charge in [-0.1, -0.05) is 50.2 Å². The van der Waals surface area contributed by atoms with Crippen molar-refractivity contribution < 1.29 is 9.53 Å². The van der Waals surface area contributed by atoms with Crippen LogP contribution in [0.5, 0.6) is 5.75 Å². The number of ether oxygens (including phenoxy) is 1. The quantitative estimate of drug-likeness (QED) is 0.761. The summed E-state index contributed by atoms with van der Waals surface area (Å²) in [7, 11) is 1.63. The van der Waals surface area contributed by atoms with Gasteiger partial charge < -0.3 is 10.1 Å². The van der Waals surface area contributed by atoms with Crippen LogP contribution in [0.4, 0.5) is 0 Å². The van der Waals surface area contributed by atoms with E-state index in [4.69, 9.17) is 4.74 Å². The SMILES string of the molecule is CCN(CC)Cc1ccc(CNC(=O)Cc2cccc(OC)c2)cc1. The molecule has 0 bridgehead atoms. The highest BCUT2D eigenvalue weighted by atomic mass is 16.5. The number of methoxy groups -OCH3 is 1. The highest BCUT2D eigenvalue weighted by Crippen LogP contribution is 2.13. The first-order chi connectivity index (χ1) is 12.1. The van der Waals surface area contributed by atoms with E-state index in [9.17, 15) is 4.79 Å². The summed E-state index contributed by atoms with van der Waals surface area (Å²) in [6.45, 7) is 7.98. The van der Waals surface area contributed by atoms with Crippen molar-refractivity contribution in [1.82, 2.24) is 10.2 Å². The molecule has 1 N–H and O–H groups in total. The maximum absolute atomic E-state index is 12.1. The first kappa shape index (κ1) is 19.0. The minimum Gasteiger partial charge on any atom is -0.497 e. The van der Waals surface area contributed by atoms with Crippen LogP contribution in [-0.4, -0.2) is 31.0 Å². The van der Waals surface area contributed by atoms with Crippen molar-refractivity contribution in [3.63, 3.8) is 0 Å². The predicted molar refractivity (Wildman–Crippen MR) is 102 cm³/mol. The molecule has 0 aliphatic rings. The molecule has 2 aromatic rings. The van der Waals surface area contributed by atoms with Crippen LogP contribution in [-0.2, 0) is 24.3 Å². The van der Waals surface area contributed by atoms with Crippen LogP contribution in [0.15, 0.2) is 48.5 Å². The van der Waals surface area contributed by atoms with E-state index < -0.39 is 0 Å². The molecule has 0 heterocycles. The van der Waals surface area contributed by atoms with Crippen LogP contribution in [0, 0.1) is 0 Å². The van der Waals surface area contributed by atoms with E-state index in [1.165, 1.54) is 5.56 Å². The van der Waals surface area contributed by atoms with Gasteiger partial charge in [0.2, 0.25) is 5.91 Å². The number of amides is 1. The van der Waals surface area contributed by atoms with Gasteiger partial charge >= 0.3 is 0 Å². The number of nitrogens with zero attached hydrogens (tertiary/aromatic N) is 1. The number of hydrogen-bond donors (Lipinski definition) is 1. The van der Waals surface area contributed by atoms with Crippen molar-refractivity contribution in [3.8, 4) is 5.75 Å². The lowest BCUT2D eigenvalue weighted by Gasteiger charge is -2.18. The molecule has 0 saturated heterocycles. The largest absolute Gasteiger partial charge is 0.497 e. The molecule has 2 aromatic carbocycles. The average molecular weight is 340 g/mol. The molecular formula is C21H28N2O2. The standard InChI is InChI=1S/C21H28N2O2/c1-4-23(5-2)16-18-11-9-17(10-12-18)15-22-21(24)14-19-7-6-8-20(13-19)25-3/h6-13H,4-5,14-16H2,1-3H3,(H,22,24). The molecule has 0 aliphatic heterocycles. The average Bonchev–Trinajstić information content (AvgIpc) is 2.65. The zero-order valence-electron chi connectivity index (χ0n) is 15.4. The highest BCUT2D eigenvalue weighted by Gasteiger charge is 2.05. The van der Waals surface area contributed by atoms with Crippen LogP contribution in [0.1, 0.15) is 30.5 Å². The lowest BCUT2D eigenvalue weighted by molar-refractivity contribution is -0.120. The van der Waals surface area contributed by atoms with Crippen molar-refractivity contribution in [3.05, 3.63) is 65.2 Å². The number of nitrogens with one attached hydrogen (secondary N) is 1. The summed E-state index contributed by atoms with van der Waals surface area (Å²) in [5.41, 5.74) is 3.36. The van der Waals surface area contributed by atoms with Gasteiger partial charge in [0.15, 0.2) is 0 Å². The summed E-state index contributed by atoms with van der Waals surface area (Å²) in [6, 6.07) is 16.1. The molecule has 0 unspecified atom stereocenters. The van der Waals surface area contributed by atoms with Crippen LogP contribution in [0.2, 0.25) is 0 Å². The van der Waals surface area contributed by atoms with E-state index in [0.29, 0.717) is 13.0 Å². The van der Waals surface area contributed by atoms with Crippen LogP contribution in [0.3, 0.4) is 0 Å². The summed E-state index contributed by atoms with van der Waals surface area (Å²) < 4.78 is 5.19. The monoisotopic (exact) mass is 340 g/mol. The molecule has 1 amide bonds. The fourth-order valence-corrected chi connectivity index (χ4v) is 2.70. The van der Waals surface area contributed by atoms with Gasteiger partial charge in [-0.15, -0.1) is 0 Å². The number of rotatable bonds is 9. The molecule has 0 saturated carbocycles. The van der Waals surface area contributed by atoms with Gasteiger partial charge in [-0.3, -0.25) is 9.69 Å². The lowest BCUT2D eigenvalue weighted by atomic mass is 10.1. The molecule has 0 fully saturated rings. The maximum atomic E-state index is 12.1. The van der Waals surface area contributed by atoms with Crippen LogP contribution >= 0.6 is 0 Å². The van der Waals surface area contributed by atoms with Crippen molar-refractivity contribution in [2.75, 3.05) is 20.2 Å². The predicted octanol–water partition coefficient (Wildman–Crippen LogP) is 3.40. The van der Waals surface area contributed by atoms with Gasteiger partial charge in [-0.2, -0.15) is 0 Å². The Morgan fingerprint density at radius 1 is 1.00 bits per heavy atom. The molecule has 2 rings (SSSR count). The Kier molecular flexibility index (Phi) is 7.48. The van der Waals surface area contributed by atoms with E-state index in [1.807, 2.05) is 24.3 Å². The fraction of sp³-hybridized carbons (Fsp3) is 0.381. The van der Waals surface area contributed by atoms with Gasteiger partial charge in [0.1, 0.15) is 5.75 Å². The highest BCUT2D eigenvalue weighted by molar-refractivity contribution is 5.78. The van der Waals surface area contributed by atoms with Gasteiger partial charge in [0, 0.05) is 13.1 Å². The van der Waals surface area contributed by atoms with E-state index in [1.54, 1.807) is 7.11 Å². The van der Waals surface area contributed by atoms with Crippen molar-refractivity contribution in [2.45, 2.75) is 33.4 Å². The number of carbonyl (C=O) groups excluding carboxylic acids is 1. The van der Waals surface area contributed by atoms with Gasteiger partial charge in [-0.25, -0.2) is 0 Å². The molecule has 0 spiro atoms. The molecule has 0 aromatic heterocycles. The molecule has 0 radical (unpaired) electrons. The van der Waals surface area contributed by atoms with E-state index >= 15 is 0 Å². The zero-order chi connectivity index (χ0) is 18.1. The Labute approximate surface area is 150 Å². The second-order valence-electron chi connectivity index (χ2n) is 6.08. The molecular weight excluding hydrogens is 312 g/mol. The molecule has 0 aliphatic carbocycles. The molecule has 4 nitrogen and oxygen atoms in total. The Balaban J connectivity index is 1.83. The number of hydrogen-bond acceptors (Lipinski definition) is 3. The first-order valence-electron chi connectivity index (χ1n) is 8.84. The molecule has 134 valence electrons. The smallest absolute Gasteiger partial charge is 0.224 e. The van der Waals surface area contributed by atoms with Crippen molar-refractivity contribution in [1.29, 1.82) is 0 Å². The second-order valence-corrected chi connectivity index (χ2v) is 6.08. The fourth-order valence-electron chi connectivity index (χ4n) is 2.70. The minimum absolute atomic E-state index is 0.0143. The second kappa shape index (κ2) is 9.84. The third-order valence-corrected chi connectivity index (χ3v) is 4.31. The van der Waals surface area contributed by atoms with Gasteiger partial charge in [0.25, 0.3) is 0 Å². The topological polar surface area (TPSA) is 41.6 Å². The number of benzene rings is 2. The third-order valence-electron chi connectivity index (χ3n) is 4.31. The van der Waals surface area contributed by atoms with Crippen LogP contribution < -0.4 is 10.1 Å². The summed E-state index contributed by atoms with van der Waals surface area (Å²) in [6.07, 6.45) is 0.358. The third kappa shape index (κ3) is 6.24. The minimum atomic E-state index is 0.0143. The summed E-state index contributed by atoms with van der Waals surface area (Å²) in [4.78, 5) is 14.5. The van der Waals surface area contributed by atoms with Crippen molar-refractivity contribution >= 4 is 5.91 Å². The van der Waals surface area contributed by atoms with E-state index in [0.717, 1.165) is 36.5 Å². The Morgan fingerprint density at radius 2 is 1.68 bits per heavy atom. The first-order valence-corrected chi connectivity index (χ1v) is 8.84. The molecule has 4 heteroatoms. The summed E-state index contributed by atoms with van der Waals surface area (Å²) >= 11 is 0. The van der Waals surface area contributed by atoms with Gasteiger partial charge in [-0.05, 0) is 41.9 Å². The van der Waals surface area contributed by atoms with E-state index in [2.05, 4.69) is 48.3 Å². The van der Waals surface area contributed by atoms with Crippen LogP contribution in [0.25, 0.3) is 0 Å². The molecule has 25 heavy (non-hydrogen) atoms. The zero-order valence-corrected chi connectivity index (χ0v) is 15.4. The van der Waals surface area contributed by atoms with Crippen molar-refractivity contribution in [2.24, 2.45) is 0 Å².